The summed E-state index contributed by atoms with van der Waals surface area (Å²) in [7, 11) is 2.13. The van der Waals surface area contributed by atoms with Gasteiger partial charge in [0.05, 0.1) is 6.07 Å². The molecule has 0 aromatic carbocycles. The van der Waals surface area contributed by atoms with E-state index in [9.17, 15) is 5.26 Å². The van der Waals surface area contributed by atoms with Gasteiger partial charge in [-0.25, -0.2) is 0 Å². The van der Waals surface area contributed by atoms with Crippen LogP contribution in [0, 0.1) is 17.2 Å². The lowest BCUT2D eigenvalue weighted by atomic mass is 9.94. The maximum Gasteiger partial charge on any atom is 0.119 e. The van der Waals surface area contributed by atoms with E-state index in [1.54, 1.807) is 0 Å². The van der Waals surface area contributed by atoms with Crippen LogP contribution in [0.15, 0.2) is 0 Å². The van der Waals surface area contributed by atoms with Crippen LogP contribution in [0.1, 0.15) is 32.6 Å². The molecule has 1 atom stereocenters. The molecule has 0 radical (unpaired) electrons. The van der Waals surface area contributed by atoms with Crippen LogP contribution in [0.5, 0.6) is 0 Å². The third kappa shape index (κ3) is 3.03. The zero-order chi connectivity index (χ0) is 13.2. The van der Waals surface area contributed by atoms with Crippen molar-refractivity contribution in [1.82, 2.24) is 9.80 Å². The smallest absolute Gasteiger partial charge is 0.119 e. The van der Waals surface area contributed by atoms with Crippen LogP contribution in [0.25, 0.3) is 0 Å². The second kappa shape index (κ2) is 5.56. The quantitative estimate of drug-likeness (QED) is 0.792. The largest absolute Gasteiger partial charge is 0.312 e. The number of nitrogens with two attached hydrogens (primary N) is 1. The van der Waals surface area contributed by atoms with E-state index in [2.05, 4.69) is 29.8 Å². The Morgan fingerprint density at radius 1 is 1.33 bits per heavy atom. The molecule has 102 valence electrons. The highest BCUT2D eigenvalue weighted by atomic mass is 15.2. The Balaban J connectivity index is 1.84. The molecule has 0 spiro atoms. The molecule has 1 aliphatic carbocycles. The van der Waals surface area contributed by atoms with Gasteiger partial charge in [0, 0.05) is 12.6 Å². The minimum Gasteiger partial charge on any atom is -0.312 e. The van der Waals surface area contributed by atoms with Gasteiger partial charge in [-0.2, -0.15) is 5.26 Å². The minimum absolute atomic E-state index is 0.431. The highest BCUT2D eigenvalue weighted by molar-refractivity contribution is 5.14. The lowest BCUT2D eigenvalue weighted by Crippen LogP contribution is -2.54. The summed E-state index contributed by atoms with van der Waals surface area (Å²) < 4.78 is 0. The topological polar surface area (TPSA) is 56.3 Å². The Bertz CT molecular complexity index is 312. The van der Waals surface area contributed by atoms with Gasteiger partial charge >= 0.3 is 0 Å². The monoisotopic (exact) mass is 250 g/mol. The van der Waals surface area contributed by atoms with E-state index in [1.807, 2.05) is 0 Å². The van der Waals surface area contributed by atoms with E-state index < -0.39 is 5.54 Å². The average molecular weight is 250 g/mol. The predicted octanol–water partition coefficient (Wildman–Crippen LogP) is 1.03. The molecule has 1 aliphatic heterocycles. The van der Waals surface area contributed by atoms with Gasteiger partial charge in [0.2, 0.25) is 0 Å². The molecular formula is C14H26N4. The molecule has 1 saturated carbocycles. The third-order valence-corrected chi connectivity index (χ3v) is 4.65. The van der Waals surface area contributed by atoms with Crippen LogP contribution in [-0.2, 0) is 0 Å². The first-order valence-corrected chi connectivity index (χ1v) is 7.21. The van der Waals surface area contributed by atoms with Crippen LogP contribution in [-0.4, -0.2) is 54.6 Å². The summed E-state index contributed by atoms with van der Waals surface area (Å²) in [6.45, 7) is 6.46. The molecule has 2 fully saturated rings. The summed E-state index contributed by atoms with van der Waals surface area (Å²) in [5.41, 5.74) is 5.64. The molecule has 0 aromatic heterocycles. The van der Waals surface area contributed by atoms with Gasteiger partial charge in [0.25, 0.3) is 0 Å². The Hall–Kier alpha value is -0.630. The molecule has 2 aliphatic rings. The van der Waals surface area contributed by atoms with Crippen molar-refractivity contribution in [2.45, 2.75) is 44.2 Å². The fourth-order valence-corrected chi connectivity index (χ4v) is 3.07. The number of hydrogen-bond acceptors (Lipinski definition) is 4. The second-order valence-corrected chi connectivity index (χ2v) is 6.01. The average Bonchev–Trinajstić information content (AvgIpc) is 3.23. The van der Waals surface area contributed by atoms with Crippen LogP contribution >= 0.6 is 0 Å². The first kappa shape index (κ1) is 13.8. The van der Waals surface area contributed by atoms with Crippen molar-refractivity contribution >= 4 is 0 Å². The molecule has 4 heteroatoms. The van der Waals surface area contributed by atoms with E-state index >= 15 is 0 Å². The summed E-state index contributed by atoms with van der Waals surface area (Å²) in [5, 5.41) is 9.31. The van der Waals surface area contributed by atoms with Crippen molar-refractivity contribution in [2.24, 2.45) is 11.7 Å². The van der Waals surface area contributed by atoms with Gasteiger partial charge in [-0.3, -0.25) is 0 Å². The molecule has 0 bridgehead atoms. The van der Waals surface area contributed by atoms with Crippen molar-refractivity contribution in [2.75, 3.05) is 33.2 Å². The molecule has 0 amide bonds. The SMILES string of the molecule is CCN1CCC(N(C)CC(N)(C#N)C2CC2)CC1. The number of piperidine rings is 1. The summed E-state index contributed by atoms with van der Waals surface area (Å²) in [5.74, 6) is 0.431. The maximum atomic E-state index is 9.31. The predicted molar refractivity (Wildman–Crippen MR) is 73.0 cm³/mol. The van der Waals surface area contributed by atoms with Crippen molar-refractivity contribution < 1.29 is 0 Å². The lowest BCUT2D eigenvalue weighted by Gasteiger charge is -2.38. The standard InChI is InChI=1S/C14H26N4/c1-3-18-8-6-13(7-9-18)17(2)11-14(16,10-15)12-4-5-12/h12-13H,3-9,11,16H2,1-2H3. The highest BCUT2D eigenvalue weighted by Crippen LogP contribution is 2.38. The van der Waals surface area contributed by atoms with E-state index in [4.69, 9.17) is 5.73 Å². The highest BCUT2D eigenvalue weighted by Gasteiger charge is 2.44. The summed E-state index contributed by atoms with van der Waals surface area (Å²) in [6.07, 6.45) is 4.67. The fraction of sp³-hybridized carbons (Fsp3) is 0.929. The number of hydrogen-bond donors (Lipinski definition) is 1. The summed E-state index contributed by atoms with van der Waals surface area (Å²) in [6, 6.07) is 2.96. The van der Waals surface area contributed by atoms with Crippen molar-refractivity contribution in [1.29, 1.82) is 5.26 Å². The first-order chi connectivity index (χ1) is 8.59. The lowest BCUT2D eigenvalue weighted by molar-refractivity contribution is 0.116. The maximum absolute atomic E-state index is 9.31. The van der Waals surface area contributed by atoms with Gasteiger partial charge in [0.15, 0.2) is 0 Å². The van der Waals surface area contributed by atoms with Crippen molar-refractivity contribution in [3.05, 3.63) is 0 Å². The Labute approximate surface area is 111 Å². The van der Waals surface area contributed by atoms with E-state index in [-0.39, 0.29) is 0 Å². The number of rotatable bonds is 5. The number of nitriles is 1. The number of nitrogens with zero attached hydrogens (tertiary/aromatic N) is 3. The van der Waals surface area contributed by atoms with Crippen molar-refractivity contribution in [3.63, 3.8) is 0 Å². The van der Waals surface area contributed by atoms with Crippen LogP contribution in [0.3, 0.4) is 0 Å². The Kier molecular flexibility index (Phi) is 4.26. The van der Waals surface area contributed by atoms with Crippen LogP contribution in [0.4, 0.5) is 0 Å². The van der Waals surface area contributed by atoms with Gasteiger partial charge in [0.1, 0.15) is 5.54 Å². The van der Waals surface area contributed by atoms with Crippen molar-refractivity contribution in [3.8, 4) is 6.07 Å². The molecule has 0 aromatic rings. The second-order valence-electron chi connectivity index (χ2n) is 6.01. The molecule has 1 heterocycles. The molecule has 2 rings (SSSR count). The van der Waals surface area contributed by atoms with Crippen LogP contribution < -0.4 is 5.73 Å². The zero-order valence-corrected chi connectivity index (χ0v) is 11.7. The molecular weight excluding hydrogens is 224 g/mol. The third-order valence-electron chi connectivity index (χ3n) is 4.65. The molecule has 2 N–H and O–H groups in total. The van der Waals surface area contributed by atoms with E-state index in [0.29, 0.717) is 12.0 Å². The molecule has 1 saturated heterocycles. The van der Waals surface area contributed by atoms with Crippen LogP contribution in [0.2, 0.25) is 0 Å². The molecule has 4 nitrogen and oxygen atoms in total. The molecule has 18 heavy (non-hydrogen) atoms. The Morgan fingerprint density at radius 2 is 1.94 bits per heavy atom. The normalized spacial score (nSPS) is 25.9. The Morgan fingerprint density at radius 3 is 2.39 bits per heavy atom. The number of likely N-dealkylation sites (tertiary alicyclic amines) is 1. The van der Waals surface area contributed by atoms with E-state index in [1.165, 1.54) is 25.9 Å². The van der Waals surface area contributed by atoms with Gasteiger partial charge < -0.3 is 15.5 Å². The first-order valence-electron chi connectivity index (χ1n) is 7.21. The van der Waals surface area contributed by atoms with Gasteiger partial charge in [-0.15, -0.1) is 0 Å². The minimum atomic E-state index is -0.614. The van der Waals surface area contributed by atoms with Gasteiger partial charge in [-0.05, 0) is 58.3 Å². The summed E-state index contributed by atoms with van der Waals surface area (Å²) in [4.78, 5) is 4.82. The number of likely N-dealkylation sites (N-methyl/N-ethyl adjacent to an activating group) is 1. The summed E-state index contributed by atoms with van der Waals surface area (Å²) >= 11 is 0. The zero-order valence-electron chi connectivity index (χ0n) is 11.7. The van der Waals surface area contributed by atoms with E-state index in [0.717, 1.165) is 25.9 Å². The fourth-order valence-electron chi connectivity index (χ4n) is 3.07. The molecule has 1 unspecified atom stereocenters. The van der Waals surface area contributed by atoms with Gasteiger partial charge in [-0.1, -0.05) is 6.92 Å².